The van der Waals surface area contributed by atoms with Crippen molar-refractivity contribution in [3.8, 4) is 0 Å². The first kappa shape index (κ1) is 17.1. The molecule has 3 heterocycles. The highest BCUT2D eigenvalue weighted by Gasteiger charge is 2.43. The maximum absolute atomic E-state index is 12.8. The lowest BCUT2D eigenvalue weighted by Gasteiger charge is -2.39. The van der Waals surface area contributed by atoms with E-state index in [2.05, 4.69) is 33.0 Å². The van der Waals surface area contributed by atoms with Crippen molar-refractivity contribution >= 4 is 5.91 Å². The number of hydrogen-bond acceptors (Lipinski definition) is 5. The van der Waals surface area contributed by atoms with E-state index in [1.807, 2.05) is 23.4 Å². The molecule has 1 amide bonds. The zero-order valence-corrected chi connectivity index (χ0v) is 15.2. The molecule has 6 nitrogen and oxygen atoms in total. The number of carbonyl (C=O) groups is 1. The molecule has 6 heteroatoms. The van der Waals surface area contributed by atoms with Gasteiger partial charge in [0.05, 0.1) is 6.20 Å². The fraction of sp³-hybridized carbons (Fsp3) is 0.500. The third-order valence-electron chi connectivity index (χ3n) is 5.85. The first-order chi connectivity index (χ1) is 12.7. The molecule has 1 unspecified atom stereocenters. The van der Waals surface area contributed by atoms with Crippen LogP contribution in [0.4, 0.5) is 0 Å². The minimum atomic E-state index is 0.0150. The number of carbonyl (C=O) groups excluding carboxylic acids is 1. The van der Waals surface area contributed by atoms with E-state index in [0.29, 0.717) is 23.6 Å². The summed E-state index contributed by atoms with van der Waals surface area (Å²) in [6, 6.07) is 4.63. The summed E-state index contributed by atoms with van der Waals surface area (Å²) in [5, 5.41) is 0. The van der Waals surface area contributed by atoms with Crippen LogP contribution in [0.5, 0.6) is 0 Å². The zero-order chi connectivity index (χ0) is 17.9. The van der Waals surface area contributed by atoms with Crippen LogP contribution in [0.25, 0.3) is 0 Å². The first-order valence-electron chi connectivity index (χ1n) is 9.37. The summed E-state index contributed by atoms with van der Waals surface area (Å²) in [4.78, 5) is 29.6. The summed E-state index contributed by atoms with van der Waals surface area (Å²) in [6.45, 7) is 2.57. The van der Waals surface area contributed by atoms with Crippen LogP contribution < -0.4 is 0 Å². The molecule has 0 bridgehead atoms. The van der Waals surface area contributed by atoms with Gasteiger partial charge in [-0.25, -0.2) is 4.98 Å². The molecule has 1 saturated carbocycles. The van der Waals surface area contributed by atoms with Gasteiger partial charge in [-0.1, -0.05) is 12.5 Å². The van der Waals surface area contributed by atoms with E-state index in [0.717, 1.165) is 19.6 Å². The molecule has 136 valence electrons. The van der Waals surface area contributed by atoms with E-state index in [-0.39, 0.29) is 5.91 Å². The van der Waals surface area contributed by atoms with E-state index >= 15 is 0 Å². The Hall–Kier alpha value is -2.34. The van der Waals surface area contributed by atoms with Crippen molar-refractivity contribution < 1.29 is 4.79 Å². The topological polar surface area (TPSA) is 62.2 Å². The molecule has 0 N–H and O–H groups in total. The van der Waals surface area contributed by atoms with Gasteiger partial charge in [0.15, 0.2) is 0 Å². The van der Waals surface area contributed by atoms with Crippen molar-refractivity contribution in [3.63, 3.8) is 0 Å². The number of amides is 1. The zero-order valence-electron chi connectivity index (χ0n) is 15.2. The molecule has 2 aromatic heterocycles. The highest BCUT2D eigenvalue weighted by Crippen LogP contribution is 2.39. The van der Waals surface area contributed by atoms with Crippen molar-refractivity contribution in [2.24, 2.45) is 11.8 Å². The van der Waals surface area contributed by atoms with E-state index in [1.54, 1.807) is 18.6 Å². The summed E-state index contributed by atoms with van der Waals surface area (Å²) in [6.07, 6.45) is 12.1. The Bertz CT molecular complexity index is 738. The number of rotatable bonds is 4. The molecule has 1 aliphatic heterocycles. The second-order valence-corrected chi connectivity index (χ2v) is 7.50. The third kappa shape index (κ3) is 3.46. The van der Waals surface area contributed by atoms with Crippen LogP contribution >= 0.6 is 0 Å². The average molecular weight is 351 g/mol. The number of nitrogens with zero attached hydrogens (tertiary/aromatic N) is 5. The van der Waals surface area contributed by atoms with Gasteiger partial charge in [-0.3, -0.25) is 19.7 Å². The summed E-state index contributed by atoms with van der Waals surface area (Å²) in [7, 11) is 2.20. The van der Waals surface area contributed by atoms with Crippen LogP contribution in [0, 0.1) is 11.8 Å². The first-order valence-corrected chi connectivity index (χ1v) is 9.37. The standard InChI is InChI=1S/C20H25N5O/c1-24(12-15-4-3-7-21-10-15)19-6-2-5-16-13-25(14-17(16)19)20(26)18-11-22-8-9-23-18/h3-4,7-11,16-17,19H,2,5-6,12-14H2,1H3/t16-,17+,19?/m1/s1. The largest absolute Gasteiger partial charge is 0.337 e. The van der Waals surface area contributed by atoms with E-state index in [1.165, 1.54) is 24.8 Å². The van der Waals surface area contributed by atoms with Gasteiger partial charge in [0.2, 0.25) is 0 Å². The van der Waals surface area contributed by atoms with Crippen molar-refractivity contribution in [2.45, 2.75) is 31.8 Å². The average Bonchev–Trinajstić information content (AvgIpc) is 3.13. The lowest BCUT2D eigenvalue weighted by molar-refractivity contribution is 0.0764. The summed E-state index contributed by atoms with van der Waals surface area (Å²) in [5.74, 6) is 1.14. The van der Waals surface area contributed by atoms with Gasteiger partial charge in [-0.15, -0.1) is 0 Å². The molecule has 2 aromatic rings. The highest BCUT2D eigenvalue weighted by atomic mass is 16.2. The molecule has 26 heavy (non-hydrogen) atoms. The quantitative estimate of drug-likeness (QED) is 0.845. The summed E-state index contributed by atoms with van der Waals surface area (Å²) >= 11 is 0. The number of aromatic nitrogens is 3. The number of fused-ring (bicyclic) bond motifs is 1. The highest BCUT2D eigenvalue weighted by molar-refractivity contribution is 5.92. The van der Waals surface area contributed by atoms with Crippen LogP contribution in [0.15, 0.2) is 43.1 Å². The minimum Gasteiger partial charge on any atom is -0.337 e. The molecule has 0 aromatic carbocycles. The Balaban J connectivity index is 1.45. The van der Waals surface area contributed by atoms with Crippen LogP contribution in [0.3, 0.4) is 0 Å². The molecule has 0 radical (unpaired) electrons. The second kappa shape index (κ2) is 7.50. The predicted molar refractivity (Wildman–Crippen MR) is 98.3 cm³/mol. The molecule has 1 aliphatic carbocycles. The summed E-state index contributed by atoms with van der Waals surface area (Å²) in [5.41, 5.74) is 1.69. The van der Waals surface area contributed by atoms with Gasteiger partial charge in [-0.2, -0.15) is 0 Å². The molecule has 2 aliphatic rings. The molecule has 0 spiro atoms. The predicted octanol–water partition coefficient (Wildman–Crippen LogP) is 2.24. The molecule has 3 atom stereocenters. The minimum absolute atomic E-state index is 0.0150. The third-order valence-corrected chi connectivity index (χ3v) is 5.85. The van der Waals surface area contributed by atoms with Gasteiger partial charge in [0.25, 0.3) is 5.91 Å². The Kier molecular flexibility index (Phi) is 4.93. The molecule has 2 fully saturated rings. The van der Waals surface area contributed by atoms with E-state index in [4.69, 9.17) is 0 Å². The normalized spacial score (nSPS) is 25.3. The van der Waals surface area contributed by atoms with Crippen molar-refractivity contribution in [1.82, 2.24) is 24.8 Å². The van der Waals surface area contributed by atoms with Crippen LogP contribution in [0.2, 0.25) is 0 Å². The van der Waals surface area contributed by atoms with E-state index in [9.17, 15) is 4.79 Å². The molecule has 1 saturated heterocycles. The smallest absolute Gasteiger partial charge is 0.274 e. The van der Waals surface area contributed by atoms with Gasteiger partial charge in [0, 0.05) is 50.5 Å². The Morgan fingerprint density at radius 1 is 1.19 bits per heavy atom. The maximum Gasteiger partial charge on any atom is 0.274 e. The second-order valence-electron chi connectivity index (χ2n) is 7.50. The van der Waals surface area contributed by atoms with Crippen molar-refractivity contribution in [3.05, 3.63) is 54.4 Å². The van der Waals surface area contributed by atoms with Gasteiger partial charge < -0.3 is 4.90 Å². The van der Waals surface area contributed by atoms with Crippen LogP contribution in [-0.4, -0.2) is 56.8 Å². The summed E-state index contributed by atoms with van der Waals surface area (Å²) < 4.78 is 0. The fourth-order valence-electron chi connectivity index (χ4n) is 4.62. The molecular formula is C20H25N5O. The monoisotopic (exact) mass is 351 g/mol. The van der Waals surface area contributed by atoms with Gasteiger partial charge >= 0.3 is 0 Å². The Morgan fingerprint density at radius 3 is 2.85 bits per heavy atom. The van der Waals surface area contributed by atoms with Crippen LogP contribution in [-0.2, 0) is 6.54 Å². The Morgan fingerprint density at radius 2 is 2.08 bits per heavy atom. The van der Waals surface area contributed by atoms with Crippen molar-refractivity contribution in [1.29, 1.82) is 0 Å². The van der Waals surface area contributed by atoms with Crippen molar-refractivity contribution in [2.75, 3.05) is 20.1 Å². The lowest BCUT2D eigenvalue weighted by atomic mass is 9.77. The maximum atomic E-state index is 12.8. The van der Waals surface area contributed by atoms with E-state index < -0.39 is 0 Å². The van der Waals surface area contributed by atoms with Gasteiger partial charge in [0.1, 0.15) is 5.69 Å². The van der Waals surface area contributed by atoms with Gasteiger partial charge in [-0.05, 0) is 43.4 Å². The number of hydrogen-bond donors (Lipinski definition) is 0. The number of likely N-dealkylation sites (tertiary alicyclic amines) is 1. The Labute approximate surface area is 154 Å². The fourth-order valence-corrected chi connectivity index (χ4v) is 4.62. The molecule has 4 rings (SSSR count). The number of pyridine rings is 1. The molecular weight excluding hydrogens is 326 g/mol. The van der Waals surface area contributed by atoms with Crippen LogP contribution in [0.1, 0.15) is 35.3 Å². The SMILES string of the molecule is CN(Cc1cccnc1)C1CCC[C@@H]2CN(C(=O)c3cnccn3)C[C@H]12. The lowest BCUT2D eigenvalue weighted by Crippen LogP contribution is -2.43.